The molecule has 3 aromatic rings. The third-order valence-electron chi connectivity index (χ3n) is 6.08. The van der Waals surface area contributed by atoms with Gasteiger partial charge in [-0.3, -0.25) is 14.0 Å². The van der Waals surface area contributed by atoms with Gasteiger partial charge >= 0.3 is 5.69 Å². The third-order valence-corrected chi connectivity index (χ3v) is 6.08. The lowest BCUT2D eigenvalue weighted by Crippen LogP contribution is -2.43. The minimum atomic E-state index is -0.0950. The molecule has 150 valence electrons. The Bertz CT molecular complexity index is 1100. The van der Waals surface area contributed by atoms with Crippen molar-refractivity contribution in [3.05, 3.63) is 70.2 Å². The van der Waals surface area contributed by atoms with Gasteiger partial charge in [-0.25, -0.2) is 9.48 Å². The van der Waals surface area contributed by atoms with Gasteiger partial charge < -0.3 is 4.90 Å². The van der Waals surface area contributed by atoms with E-state index in [-0.39, 0.29) is 23.7 Å². The van der Waals surface area contributed by atoms with Gasteiger partial charge in [0.25, 0.3) is 5.91 Å². The first-order chi connectivity index (χ1) is 14.2. The van der Waals surface area contributed by atoms with Crippen LogP contribution in [0.25, 0.3) is 0 Å². The van der Waals surface area contributed by atoms with E-state index in [1.807, 2.05) is 42.2 Å². The summed E-state index contributed by atoms with van der Waals surface area (Å²) in [6.45, 7) is 3.60. The molecule has 2 atom stereocenters. The van der Waals surface area contributed by atoms with Crippen LogP contribution >= 0.6 is 0 Å². The normalized spacial score (nSPS) is 20.5. The quantitative estimate of drug-likeness (QED) is 0.675. The van der Waals surface area contributed by atoms with Crippen molar-refractivity contribution >= 4 is 5.91 Å². The van der Waals surface area contributed by atoms with Gasteiger partial charge in [0.05, 0.1) is 12.6 Å². The zero-order chi connectivity index (χ0) is 20.0. The second kappa shape index (κ2) is 7.02. The highest BCUT2D eigenvalue weighted by molar-refractivity contribution is 5.93. The van der Waals surface area contributed by atoms with Crippen LogP contribution in [-0.4, -0.2) is 47.0 Å². The number of nitrogens with zero attached hydrogens (tertiary/aromatic N) is 6. The van der Waals surface area contributed by atoms with Crippen molar-refractivity contribution in [1.29, 1.82) is 0 Å². The molecule has 2 aliphatic heterocycles. The van der Waals surface area contributed by atoms with Crippen LogP contribution in [0, 0.1) is 0 Å². The maximum absolute atomic E-state index is 13.3. The predicted molar refractivity (Wildman–Crippen MR) is 107 cm³/mol. The lowest BCUT2D eigenvalue weighted by Gasteiger charge is -2.28. The molecule has 1 aromatic carbocycles. The van der Waals surface area contributed by atoms with Gasteiger partial charge in [0, 0.05) is 31.7 Å². The predicted octanol–water partition coefficient (Wildman–Crippen LogP) is 1.54. The Morgan fingerprint density at radius 1 is 1.10 bits per heavy atom. The van der Waals surface area contributed by atoms with Gasteiger partial charge in [-0.2, -0.15) is 10.2 Å². The van der Waals surface area contributed by atoms with Crippen LogP contribution in [0.2, 0.25) is 0 Å². The van der Waals surface area contributed by atoms with E-state index in [9.17, 15) is 9.59 Å². The summed E-state index contributed by atoms with van der Waals surface area (Å²) in [4.78, 5) is 28.2. The first kappa shape index (κ1) is 17.9. The first-order valence-electron chi connectivity index (χ1n) is 10.2. The van der Waals surface area contributed by atoms with Crippen molar-refractivity contribution in [3.8, 4) is 0 Å². The third kappa shape index (κ3) is 2.99. The number of carbonyl (C=O) groups excluding carboxylic acids is 1. The van der Waals surface area contributed by atoms with E-state index in [0.29, 0.717) is 31.7 Å². The zero-order valence-electron chi connectivity index (χ0n) is 16.4. The van der Waals surface area contributed by atoms with Crippen LogP contribution < -0.4 is 5.69 Å². The maximum atomic E-state index is 13.3. The number of hydrogen-bond donors (Lipinski definition) is 0. The van der Waals surface area contributed by atoms with Gasteiger partial charge in [0.1, 0.15) is 11.5 Å². The fourth-order valence-electron chi connectivity index (χ4n) is 4.67. The molecule has 0 N–H and O–H groups in total. The summed E-state index contributed by atoms with van der Waals surface area (Å²) in [6.07, 6.45) is 4.13. The molecule has 0 aliphatic carbocycles. The Labute approximate surface area is 168 Å². The van der Waals surface area contributed by atoms with Gasteiger partial charge in [0.2, 0.25) is 0 Å². The van der Waals surface area contributed by atoms with Crippen LogP contribution in [-0.2, 0) is 26.1 Å². The molecule has 2 unspecified atom stereocenters. The number of benzene rings is 1. The minimum absolute atomic E-state index is 0.00668. The highest BCUT2D eigenvalue weighted by atomic mass is 16.2. The number of aryl methyl sites for hydroxylation is 1. The molecular weight excluding hydrogens is 368 g/mol. The summed E-state index contributed by atoms with van der Waals surface area (Å²) in [7, 11) is 0. The smallest absolute Gasteiger partial charge is 0.329 e. The first-order valence-corrected chi connectivity index (χ1v) is 10.2. The van der Waals surface area contributed by atoms with Crippen molar-refractivity contribution in [2.75, 3.05) is 0 Å². The fraction of sp³-hybridized carbons (Fsp3) is 0.429. The SMILES string of the molecule is CCn1nccc1C(=O)N1C2CCC1Cn1c(nn(Cc3ccccc3)c1=O)C2. The number of hydrogen-bond acceptors (Lipinski definition) is 4. The Morgan fingerprint density at radius 2 is 1.90 bits per heavy atom. The average molecular weight is 392 g/mol. The zero-order valence-corrected chi connectivity index (χ0v) is 16.4. The monoisotopic (exact) mass is 392 g/mol. The highest BCUT2D eigenvalue weighted by Crippen LogP contribution is 2.31. The number of aromatic nitrogens is 5. The molecule has 2 aliphatic rings. The molecule has 8 nitrogen and oxygen atoms in total. The maximum Gasteiger partial charge on any atom is 0.346 e. The van der Waals surface area contributed by atoms with E-state index in [1.54, 1.807) is 26.2 Å². The second-order valence-corrected chi connectivity index (χ2v) is 7.79. The Kier molecular flexibility index (Phi) is 4.34. The van der Waals surface area contributed by atoms with E-state index < -0.39 is 0 Å². The lowest BCUT2D eigenvalue weighted by molar-refractivity contribution is 0.0652. The topological polar surface area (TPSA) is 78.0 Å². The standard InChI is InChI=1S/C21H24N6O2/c1-2-25-18(10-11-22-25)20(28)27-16-8-9-17(27)14-24-19(12-16)23-26(21(24)29)13-15-6-4-3-5-7-15/h3-7,10-11,16-17H,2,8-9,12-14H2,1H3. The summed E-state index contributed by atoms with van der Waals surface area (Å²) >= 11 is 0. The molecule has 8 heteroatoms. The van der Waals surface area contributed by atoms with Gasteiger partial charge in [-0.1, -0.05) is 30.3 Å². The molecule has 5 rings (SSSR count). The summed E-state index contributed by atoms with van der Waals surface area (Å²) in [5, 5.41) is 8.86. The van der Waals surface area contributed by atoms with Crippen molar-refractivity contribution in [2.45, 2.75) is 57.9 Å². The average Bonchev–Trinajstić information content (AvgIpc) is 3.39. The van der Waals surface area contributed by atoms with Crippen LogP contribution in [0.3, 0.4) is 0 Å². The highest BCUT2D eigenvalue weighted by Gasteiger charge is 2.42. The summed E-state index contributed by atoms with van der Waals surface area (Å²) < 4.78 is 5.05. The largest absolute Gasteiger partial charge is 0.346 e. The van der Waals surface area contributed by atoms with Crippen molar-refractivity contribution < 1.29 is 4.79 Å². The molecule has 2 aromatic heterocycles. The van der Waals surface area contributed by atoms with Crippen molar-refractivity contribution in [2.24, 2.45) is 0 Å². The van der Waals surface area contributed by atoms with Gasteiger partial charge in [0.15, 0.2) is 0 Å². The molecule has 1 saturated heterocycles. The fourth-order valence-corrected chi connectivity index (χ4v) is 4.67. The van der Waals surface area contributed by atoms with Crippen LogP contribution in [0.4, 0.5) is 0 Å². The molecule has 0 saturated carbocycles. The summed E-state index contributed by atoms with van der Waals surface area (Å²) in [5.74, 6) is 0.784. The number of rotatable bonds is 4. The van der Waals surface area contributed by atoms with Crippen LogP contribution in [0.15, 0.2) is 47.4 Å². The summed E-state index contributed by atoms with van der Waals surface area (Å²) in [5.41, 5.74) is 1.57. The second-order valence-electron chi connectivity index (χ2n) is 7.79. The van der Waals surface area contributed by atoms with Crippen LogP contribution in [0.1, 0.15) is 41.6 Å². The van der Waals surface area contributed by atoms with E-state index >= 15 is 0 Å². The molecule has 1 fully saturated rings. The van der Waals surface area contributed by atoms with Crippen molar-refractivity contribution in [3.63, 3.8) is 0 Å². The molecule has 4 heterocycles. The minimum Gasteiger partial charge on any atom is -0.329 e. The Balaban J connectivity index is 1.44. The molecule has 29 heavy (non-hydrogen) atoms. The molecule has 0 radical (unpaired) electrons. The van der Waals surface area contributed by atoms with E-state index in [1.165, 1.54) is 0 Å². The molecule has 0 spiro atoms. The lowest BCUT2D eigenvalue weighted by atomic mass is 10.1. The van der Waals surface area contributed by atoms with Crippen LogP contribution in [0.5, 0.6) is 0 Å². The Hall–Kier alpha value is -3.16. The van der Waals surface area contributed by atoms with Crippen molar-refractivity contribution in [1.82, 2.24) is 29.0 Å². The number of carbonyl (C=O) groups is 1. The van der Waals surface area contributed by atoms with E-state index in [2.05, 4.69) is 10.2 Å². The van der Waals surface area contributed by atoms with Gasteiger partial charge in [-0.15, -0.1) is 0 Å². The van der Waals surface area contributed by atoms with E-state index in [0.717, 1.165) is 24.2 Å². The molecule has 2 bridgehead atoms. The van der Waals surface area contributed by atoms with E-state index in [4.69, 9.17) is 0 Å². The Morgan fingerprint density at radius 3 is 2.69 bits per heavy atom. The van der Waals surface area contributed by atoms with Gasteiger partial charge in [-0.05, 0) is 31.4 Å². The molecule has 1 amide bonds. The number of amides is 1. The summed E-state index contributed by atoms with van der Waals surface area (Å²) in [6, 6.07) is 11.7. The molecular formula is C21H24N6O2. The number of fused-ring (bicyclic) bond motifs is 3.